The lowest BCUT2D eigenvalue weighted by Crippen LogP contribution is -2.55. The van der Waals surface area contributed by atoms with Gasteiger partial charge in [-0.2, -0.15) is 5.10 Å². The third-order valence-electron chi connectivity index (χ3n) is 2.81. The van der Waals surface area contributed by atoms with E-state index in [-0.39, 0.29) is 6.54 Å². The average Bonchev–Trinajstić information content (AvgIpc) is 2.72. The lowest BCUT2D eigenvalue weighted by molar-refractivity contribution is -0.144. The molecule has 0 spiro atoms. The van der Waals surface area contributed by atoms with Crippen molar-refractivity contribution >= 4 is 12.0 Å². The van der Waals surface area contributed by atoms with Gasteiger partial charge in [-0.25, -0.2) is 9.59 Å². The Morgan fingerprint density at radius 3 is 2.68 bits per heavy atom. The van der Waals surface area contributed by atoms with E-state index >= 15 is 0 Å². The second-order valence-corrected chi connectivity index (χ2v) is 4.68. The summed E-state index contributed by atoms with van der Waals surface area (Å²) in [6, 6.07) is 1.27. The van der Waals surface area contributed by atoms with Gasteiger partial charge in [0.25, 0.3) is 0 Å². The van der Waals surface area contributed by atoms with Gasteiger partial charge in [0, 0.05) is 13.2 Å². The first-order valence-corrected chi connectivity index (χ1v) is 6.15. The Morgan fingerprint density at radius 1 is 1.53 bits per heavy atom. The van der Waals surface area contributed by atoms with Gasteiger partial charge in [0.15, 0.2) is 0 Å². The molecule has 7 nitrogen and oxygen atoms in total. The lowest BCUT2D eigenvalue weighted by Gasteiger charge is -2.25. The molecule has 0 radical (unpaired) electrons. The van der Waals surface area contributed by atoms with Gasteiger partial charge in [0.1, 0.15) is 5.54 Å². The Balaban J connectivity index is 2.51. The molecule has 19 heavy (non-hydrogen) atoms. The molecule has 0 aliphatic rings. The van der Waals surface area contributed by atoms with Crippen molar-refractivity contribution in [1.82, 2.24) is 20.4 Å². The zero-order valence-corrected chi connectivity index (χ0v) is 11.4. The fraction of sp³-hybridized carbons (Fsp3) is 0.583. The van der Waals surface area contributed by atoms with Crippen LogP contribution in [0.3, 0.4) is 0 Å². The van der Waals surface area contributed by atoms with Crippen LogP contribution in [0.4, 0.5) is 4.79 Å². The number of urea groups is 1. The zero-order valence-electron chi connectivity index (χ0n) is 11.4. The fourth-order valence-corrected chi connectivity index (χ4v) is 1.75. The number of aryl methyl sites for hydroxylation is 1. The number of rotatable bonds is 6. The summed E-state index contributed by atoms with van der Waals surface area (Å²) < 4.78 is 1.63. The van der Waals surface area contributed by atoms with Gasteiger partial charge >= 0.3 is 12.0 Å². The molecule has 106 valence electrons. The summed E-state index contributed by atoms with van der Waals surface area (Å²) >= 11 is 0. The van der Waals surface area contributed by atoms with E-state index < -0.39 is 17.5 Å². The van der Waals surface area contributed by atoms with Crippen LogP contribution in [0.5, 0.6) is 0 Å². The minimum absolute atomic E-state index is 0.258. The van der Waals surface area contributed by atoms with Gasteiger partial charge in [-0.1, -0.05) is 13.3 Å². The van der Waals surface area contributed by atoms with Crippen LogP contribution in [0.25, 0.3) is 0 Å². The van der Waals surface area contributed by atoms with E-state index in [1.165, 1.54) is 6.92 Å². The Labute approximate surface area is 112 Å². The Kier molecular flexibility index (Phi) is 4.91. The minimum Gasteiger partial charge on any atom is -0.480 e. The van der Waals surface area contributed by atoms with Crippen LogP contribution in [0.15, 0.2) is 12.3 Å². The summed E-state index contributed by atoms with van der Waals surface area (Å²) in [7, 11) is 1.78. The number of amides is 2. The van der Waals surface area contributed by atoms with E-state index in [9.17, 15) is 9.59 Å². The summed E-state index contributed by atoms with van der Waals surface area (Å²) in [5, 5.41) is 18.3. The van der Waals surface area contributed by atoms with Gasteiger partial charge in [-0.3, -0.25) is 4.68 Å². The maximum atomic E-state index is 11.7. The Morgan fingerprint density at radius 2 is 2.21 bits per heavy atom. The van der Waals surface area contributed by atoms with Crippen LogP contribution in [-0.2, 0) is 18.4 Å². The molecule has 1 unspecified atom stereocenters. The van der Waals surface area contributed by atoms with Crippen molar-refractivity contribution in [2.45, 2.75) is 38.8 Å². The van der Waals surface area contributed by atoms with E-state index in [1.54, 1.807) is 24.0 Å². The first kappa shape index (κ1) is 15.0. The monoisotopic (exact) mass is 268 g/mol. The van der Waals surface area contributed by atoms with Crippen LogP contribution in [0.1, 0.15) is 32.4 Å². The summed E-state index contributed by atoms with van der Waals surface area (Å²) in [6.45, 7) is 3.63. The first-order chi connectivity index (χ1) is 8.87. The van der Waals surface area contributed by atoms with Gasteiger partial charge < -0.3 is 15.7 Å². The standard InChI is InChI=1S/C12H20N4O3/c1-4-6-12(2,10(17)18)14-11(19)13-8-9-5-7-16(3)15-9/h5,7H,4,6,8H2,1-3H3,(H,17,18)(H2,13,14,19). The van der Waals surface area contributed by atoms with E-state index in [2.05, 4.69) is 15.7 Å². The van der Waals surface area contributed by atoms with Crippen molar-refractivity contribution < 1.29 is 14.7 Å². The van der Waals surface area contributed by atoms with E-state index in [1.807, 2.05) is 6.92 Å². The number of aromatic nitrogens is 2. The van der Waals surface area contributed by atoms with E-state index in [0.717, 1.165) is 0 Å². The molecule has 1 aromatic heterocycles. The molecule has 0 aliphatic heterocycles. The predicted octanol–water partition coefficient (Wildman–Crippen LogP) is 0.863. The van der Waals surface area contributed by atoms with Crippen LogP contribution in [0.2, 0.25) is 0 Å². The number of carbonyl (C=O) groups is 2. The average molecular weight is 268 g/mol. The predicted molar refractivity (Wildman–Crippen MR) is 69.5 cm³/mol. The molecule has 1 aromatic rings. The number of nitrogens with zero attached hydrogens (tertiary/aromatic N) is 2. The highest BCUT2D eigenvalue weighted by atomic mass is 16.4. The number of aliphatic carboxylic acids is 1. The fourth-order valence-electron chi connectivity index (χ4n) is 1.75. The molecule has 0 saturated heterocycles. The Hall–Kier alpha value is -2.05. The first-order valence-electron chi connectivity index (χ1n) is 6.15. The Bertz CT molecular complexity index is 458. The summed E-state index contributed by atoms with van der Waals surface area (Å²) in [5.41, 5.74) is -0.534. The van der Waals surface area contributed by atoms with Crippen molar-refractivity contribution in [1.29, 1.82) is 0 Å². The molecule has 0 aliphatic carbocycles. The number of hydrogen-bond acceptors (Lipinski definition) is 3. The van der Waals surface area contributed by atoms with E-state index in [4.69, 9.17) is 5.11 Å². The number of carboxylic acids is 1. The molecule has 1 heterocycles. The third kappa shape index (κ3) is 4.27. The highest BCUT2D eigenvalue weighted by molar-refractivity contribution is 5.85. The van der Waals surface area contributed by atoms with Crippen molar-refractivity contribution in [2.24, 2.45) is 7.05 Å². The van der Waals surface area contributed by atoms with Crippen molar-refractivity contribution in [3.8, 4) is 0 Å². The maximum Gasteiger partial charge on any atom is 0.329 e. The van der Waals surface area contributed by atoms with Crippen molar-refractivity contribution in [3.63, 3.8) is 0 Å². The smallest absolute Gasteiger partial charge is 0.329 e. The highest BCUT2D eigenvalue weighted by Crippen LogP contribution is 2.12. The molecular formula is C12H20N4O3. The van der Waals surface area contributed by atoms with Gasteiger partial charge in [-0.15, -0.1) is 0 Å². The number of hydrogen-bond donors (Lipinski definition) is 3. The third-order valence-corrected chi connectivity index (χ3v) is 2.81. The van der Waals surface area contributed by atoms with Crippen LogP contribution < -0.4 is 10.6 Å². The molecular weight excluding hydrogens is 248 g/mol. The number of nitrogens with one attached hydrogen (secondary N) is 2. The summed E-state index contributed by atoms with van der Waals surface area (Å²) in [6.07, 6.45) is 2.82. The number of carbonyl (C=O) groups excluding carboxylic acids is 1. The maximum absolute atomic E-state index is 11.7. The van der Waals surface area contributed by atoms with Crippen LogP contribution in [-0.4, -0.2) is 32.4 Å². The van der Waals surface area contributed by atoms with Gasteiger partial charge in [-0.05, 0) is 19.4 Å². The SMILES string of the molecule is CCCC(C)(NC(=O)NCc1ccn(C)n1)C(=O)O. The second kappa shape index (κ2) is 6.21. The summed E-state index contributed by atoms with van der Waals surface area (Å²) in [5.74, 6) is -1.04. The molecule has 0 fully saturated rings. The van der Waals surface area contributed by atoms with Gasteiger partial charge in [0.05, 0.1) is 12.2 Å². The lowest BCUT2D eigenvalue weighted by atomic mass is 9.97. The topological polar surface area (TPSA) is 96.3 Å². The molecule has 1 rings (SSSR count). The highest BCUT2D eigenvalue weighted by Gasteiger charge is 2.33. The van der Waals surface area contributed by atoms with Crippen molar-refractivity contribution in [2.75, 3.05) is 0 Å². The van der Waals surface area contributed by atoms with E-state index in [0.29, 0.717) is 18.5 Å². The largest absolute Gasteiger partial charge is 0.480 e. The van der Waals surface area contributed by atoms with Crippen molar-refractivity contribution in [3.05, 3.63) is 18.0 Å². The molecule has 1 atom stereocenters. The molecule has 7 heteroatoms. The quantitative estimate of drug-likeness (QED) is 0.713. The molecule has 0 bridgehead atoms. The summed E-state index contributed by atoms with van der Waals surface area (Å²) in [4.78, 5) is 22.9. The molecule has 2 amide bonds. The molecule has 0 aromatic carbocycles. The van der Waals surface area contributed by atoms with Crippen LogP contribution >= 0.6 is 0 Å². The second-order valence-electron chi connectivity index (χ2n) is 4.68. The number of carboxylic acid groups (broad SMARTS) is 1. The van der Waals surface area contributed by atoms with Crippen LogP contribution in [0, 0.1) is 0 Å². The normalized spacial score (nSPS) is 13.6. The van der Waals surface area contributed by atoms with Gasteiger partial charge in [0.2, 0.25) is 0 Å². The molecule has 0 saturated carbocycles. The minimum atomic E-state index is -1.25. The zero-order chi connectivity index (χ0) is 14.5. The molecule has 3 N–H and O–H groups in total.